The molecule has 0 radical (unpaired) electrons. The molecule has 0 aromatic rings. The number of carbonyl (C=O) groups is 1. The summed E-state index contributed by atoms with van der Waals surface area (Å²) in [5.41, 5.74) is 3.31. The smallest absolute Gasteiger partial charge is 0.246 e. The van der Waals surface area contributed by atoms with Gasteiger partial charge < -0.3 is 15.4 Å². The lowest BCUT2D eigenvalue weighted by atomic mass is 10.0. The summed E-state index contributed by atoms with van der Waals surface area (Å²) in [6.07, 6.45) is 2.95. The molecule has 2 atom stereocenters. The largest absolute Gasteiger partial charge is 0.381 e. The van der Waals surface area contributed by atoms with E-state index >= 15 is 0 Å². The van der Waals surface area contributed by atoms with Gasteiger partial charge in [0.2, 0.25) is 5.91 Å². The third kappa shape index (κ3) is 7.15. The normalized spacial score (nSPS) is 14.5. The highest BCUT2D eigenvalue weighted by Gasteiger charge is 2.38. The predicted octanol–water partition coefficient (Wildman–Crippen LogP) is 0.537. The molecular weight excluding hydrogens is 344 g/mol. The monoisotopic (exact) mass is 376 g/mol. The molecule has 25 heavy (non-hydrogen) atoms. The van der Waals surface area contributed by atoms with E-state index in [4.69, 9.17) is 10.6 Å². The molecule has 0 aromatic heterocycles. The van der Waals surface area contributed by atoms with E-state index in [0.29, 0.717) is 6.42 Å². The third-order valence-electron chi connectivity index (χ3n) is 4.21. The quantitative estimate of drug-likeness (QED) is 0.170. The molecule has 0 fully saturated rings. The molecule has 0 heterocycles. The summed E-state index contributed by atoms with van der Waals surface area (Å²) in [7, 11) is -1.91. The highest BCUT2D eigenvalue weighted by molar-refractivity contribution is 7.92. The Balaban J connectivity index is 4.74. The van der Waals surface area contributed by atoms with Crippen molar-refractivity contribution in [3.05, 3.63) is 24.6 Å². The second-order valence-electron chi connectivity index (χ2n) is 6.42. The van der Waals surface area contributed by atoms with E-state index in [1.54, 1.807) is 7.11 Å². The van der Waals surface area contributed by atoms with Crippen molar-refractivity contribution in [2.45, 2.75) is 57.1 Å². The molecule has 146 valence electrons. The minimum absolute atomic E-state index is 0.129. The standard InChI is InChI=1S/C16H32N4O4S/c1-8-13(24-6)10-9-11(2)14(20-17)18-12(3)19-15(21)16(4,5)25(7,22)23/h13-14,18,20H,2-3,8-10,17H2,1,4-7H3,(H,19,21)/t13-,14-/m0/s1. The molecule has 5 N–H and O–H groups in total. The Labute approximate surface area is 151 Å². The molecule has 0 aliphatic rings. The Kier molecular flexibility index (Phi) is 9.34. The molecule has 0 saturated carbocycles. The maximum atomic E-state index is 12.2. The van der Waals surface area contributed by atoms with E-state index in [1.165, 1.54) is 13.8 Å². The van der Waals surface area contributed by atoms with Crippen molar-refractivity contribution in [3.8, 4) is 0 Å². The number of ether oxygens (including phenoxy) is 1. The average Bonchev–Trinajstić information content (AvgIpc) is 2.51. The summed E-state index contributed by atoms with van der Waals surface area (Å²) < 4.78 is 27.1. The Bertz CT molecular complexity index is 583. The first kappa shape index (κ1) is 23.6. The number of hydrogen-bond acceptors (Lipinski definition) is 7. The van der Waals surface area contributed by atoms with Gasteiger partial charge in [0.1, 0.15) is 10.9 Å². The molecule has 1 amide bonds. The zero-order valence-electron chi connectivity index (χ0n) is 15.8. The number of amides is 1. The number of sulfone groups is 1. The molecule has 0 unspecified atom stereocenters. The van der Waals surface area contributed by atoms with Crippen LogP contribution in [0.25, 0.3) is 0 Å². The van der Waals surface area contributed by atoms with Crippen molar-refractivity contribution < 1.29 is 17.9 Å². The van der Waals surface area contributed by atoms with Crippen LogP contribution in [0.3, 0.4) is 0 Å². The fraction of sp³-hybridized carbons (Fsp3) is 0.688. The second-order valence-corrected chi connectivity index (χ2v) is 8.99. The molecule has 9 heteroatoms. The number of rotatable bonds is 12. The molecule has 0 aliphatic heterocycles. The van der Waals surface area contributed by atoms with Crippen LogP contribution in [0.2, 0.25) is 0 Å². The zero-order chi connectivity index (χ0) is 19.8. The Morgan fingerprint density at radius 3 is 2.28 bits per heavy atom. The van der Waals surface area contributed by atoms with Crippen LogP contribution in [0.1, 0.15) is 40.0 Å². The van der Waals surface area contributed by atoms with Crippen LogP contribution in [0.4, 0.5) is 0 Å². The van der Waals surface area contributed by atoms with Crippen molar-refractivity contribution in [3.63, 3.8) is 0 Å². The van der Waals surface area contributed by atoms with Crippen LogP contribution >= 0.6 is 0 Å². The van der Waals surface area contributed by atoms with Gasteiger partial charge in [-0.3, -0.25) is 10.6 Å². The maximum absolute atomic E-state index is 12.2. The zero-order valence-corrected chi connectivity index (χ0v) is 16.6. The predicted molar refractivity (Wildman–Crippen MR) is 99.9 cm³/mol. The third-order valence-corrected chi connectivity index (χ3v) is 6.25. The Hall–Kier alpha value is -1.42. The van der Waals surface area contributed by atoms with Crippen molar-refractivity contribution in [1.29, 1.82) is 0 Å². The van der Waals surface area contributed by atoms with Crippen LogP contribution in [0.15, 0.2) is 24.6 Å². The second kappa shape index (κ2) is 9.91. The molecule has 0 aliphatic carbocycles. The molecule has 0 rings (SSSR count). The molecule has 0 spiro atoms. The first-order chi connectivity index (χ1) is 11.4. The van der Waals surface area contributed by atoms with Gasteiger partial charge in [-0.2, -0.15) is 0 Å². The minimum atomic E-state index is -3.57. The highest BCUT2D eigenvalue weighted by atomic mass is 32.2. The fourth-order valence-corrected chi connectivity index (χ4v) is 2.30. The first-order valence-corrected chi connectivity index (χ1v) is 9.92. The maximum Gasteiger partial charge on any atom is 0.246 e. The van der Waals surface area contributed by atoms with Crippen molar-refractivity contribution in [1.82, 2.24) is 16.1 Å². The number of hydrogen-bond donors (Lipinski definition) is 4. The summed E-state index contributed by atoms with van der Waals surface area (Å²) in [4.78, 5) is 12.2. The van der Waals surface area contributed by atoms with Crippen LogP contribution in [0, 0.1) is 0 Å². The summed E-state index contributed by atoms with van der Waals surface area (Å²) in [5, 5.41) is 5.33. The lowest BCUT2D eigenvalue weighted by Gasteiger charge is -2.26. The first-order valence-electron chi connectivity index (χ1n) is 8.03. The van der Waals surface area contributed by atoms with Crippen LogP contribution in [0.5, 0.6) is 0 Å². The fourth-order valence-electron chi connectivity index (χ4n) is 1.91. The van der Waals surface area contributed by atoms with Gasteiger partial charge in [0.25, 0.3) is 0 Å². The van der Waals surface area contributed by atoms with E-state index in [9.17, 15) is 13.2 Å². The van der Waals surface area contributed by atoms with E-state index in [0.717, 1.165) is 24.7 Å². The molecule has 8 nitrogen and oxygen atoms in total. The average molecular weight is 377 g/mol. The number of hydrazine groups is 1. The van der Waals surface area contributed by atoms with Crippen molar-refractivity contribution in [2.24, 2.45) is 5.84 Å². The molecular formula is C16H32N4O4S. The highest BCUT2D eigenvalue weighted by Crippen LogP contribution is 2.16. The molecule has 0 bridgehead atoms. The number of nitrogens with two attached hydrogens (primary N) is 1. The minimum Gasteiger partial charge on any atom is -0.381 e. The Morgan fingerprint density at radius 1 is 1.32 bits per heavy atom. The molecule has 0 aromatic carbocycles. The van der Waals surface area contributed by atoms with Gasteiger partial charge >= 0.3 is 0 Å². The summed E-state index contributed by atoms with van der Waals surface area (Å²) in [6, 6.07) is 0. The van der Waals surface area contributed by atoms with Gasteiger partial charge in [0, 0.05) is 13.4 Å². The lowest BCUT2D eigenvalue weighted by molar-refractivity contribution is -0.122. The van der Waals surface area contributed by atoms with Crippen LogP contribution in [-0.4, -0.2) is 44.7 Å². The van der Waals surface area contributed by atoms with Crippen LogP contribution in [-0.2, 0) is 19.4 Å². The van der Waals surface area contributed by atoms with Crippen LogP contribution < -0.4 is 21.9 Å². The topological polar surface area (TPSA) is 123 Å². The number of carbonyl (C=O) groups excluding carboxylic acids is 1. The molecule has 0 saturated heterocycles. The van der Waals surface area contributed by atoms with Gasteiger partial charge in [-0.05, 0) is 38.7 Å². The van der Waals surface area contributed by atoms with E-state index < -0.39 is 26.7 Å². The number of methoxy groups -OCH3 is 1. The summed E-state index contributed by atoms with van der Waals surface area (Å²) in [6.45, 7) is 12.4. The Morgan fingerprint density at radius 2 is 1.88 bits per heavy atom. The van der Waals surface area contributed by atoms with Gasteiger partial charge in [-0.1, -0.05) is 20.1 Å². The van der Waals surface area contributed by atoms with E-state index in [-0.39, 0.29) is 11.9 Å². The number of nitrogens with one attached hydrogen (secondary N) is 3. The van der Waals surface area contributed by atoms with Crippen molar-refractivity contribution >= 4 is 15.7 Å². The van der Waals surface area contributed by atoms with Gasteiger partial charge in [-0.25, -0.2) is 13.8 Å². The van der Waals surface area contributed by atoms with Gasteiger partial charge in [0.15, 0.2) is 9.84 Å². The summed E-state index contributed by atoms with van der Waals surface area (Å²) in [5.74, 6) is 4.97. The van der Waals surface area contributed by atoms with Gasteiger partial charge in [0.05, 0.1) is 11.9 Å². The van der Waals surface area contributed by atoms with Gasteiger partial charge in [-0.15, -0.1) is 0 Å². The lowest BCUT2D eigenvalue weighted by Crippen LogP contribution is -2.53. The van der Waals surface area contributed by atoms with Crippen molar-refractivity contribution in [2.75, 3.05) is 13.4 Å². The summed E-state index contributed by atoms with van der Waals surface area (Å²) >= 11 is 0. The van der Waals surface area contributed by atoms with E-state index in [1.807, 2.05) is 6.92 Å². The SMILES string of the molecule is C=C(NC(=O)C(C)(C)S(C)(=O)=O)N[C@@H](NN)C(=C)CC[C@H](CC)OC. The van der Waals surface area contributed by atoms with E-state index in [2.05, 4.69) is 29.2 Å².